The molecule has 348 valence electrons. The molecule has 6 aromatic rings. The highest BCUT2D eigenvalue weighted by Gasteiger charge is 2.02. The molecule has 0 bridgehead atoms. The molecule has 0 saturated carbocycles. The van der Waals surface area contributed by atoms with Crippen molar-refractivity contribution in [3.8, 4) is 0 Å². The van der Waals surface area contributed by atoms with Crippen LogP contribution in [0.3, 0.4) is 0 Å². The fourth-order valence-electron chi connectivity index (χ4n) is 3.18. The highest BCUT2D eigenvalue weighted by Crippen LogP contribution is 2.14. The summed E-state index contributed by atoms with van der Waals surface area (Å²) in [6.07, 6.45) is 16.3. The average Bonchev–Trinajstić information content (AvgIpc) is 4.14. The van der Waals surface area contributed by atoms with Crippen LogP contribution in [0.1, 0.15) is 236 Å². The summed E-state index contributed by atoms with van der Waals surface area (Å²) in [5.41, 5.74) is 3.19. The first kappa shape index (κ1) is 67.1. The van der Waals surface area contributed by atoms with Gasteiger partial charge in [0.1, 0.15) is 36.6 Å². The highest BCUT2D eigenvalue weighted by atomic mass is 16.5. The standard InChI is InChI=1S/C7H10O.5C6H9NO.6C2H6/c1-6(2)7-4-3-5-8-7;1-5(2)6-3-8-4-7-6;1-5(2)6-3-7-4-8-6;1-5(2)6-3-7-8-4-6;1-5(2)6-7-3-4-8-6;1-5(2)6-3-4-8-7-6;6*1-2/h3-6H,1-2H3;5*3-5H,1-2H3;6*1-2H3. The van der Waals surface area contributed by atoms with Gasteiger partial charge in [-0.25, -0.2) is 15.0 Å². The van der Waals surface area contributed by atoms with E-state index in [1.54, 1.807) is 49.9 Å². The lowest BCUT2D eigenvalue weighted by Gasteiger charge is -1.94. The lowest BCUT2D eigenvalue weighted by Crippen LogP contribution is -1.83. The van der Waals surface area contributed by atoms with E-state index in [1.165, 1.54) is 12.8 Å². The third-order valence-electron chi connectivity index (χ3n) is 6.29. The van der Waals surface area contributed by atoms with E-state index in [0.717, 1.165) is 34.4 Å². The summed E-state index contributed by atoms with van der Waals surface area (Å²) in [5.74, 6) is 5.69. The van der Waals surface area contributed by atoms with Crippen LogP contribution in [-0.4, -0.2) is 25.3 Å². The first-order valence-corrected chi connectivity index (χ1v) is 22.3. The topological polar surface area (TPSA) is 143 Å². The molecule has 6 aromatic heterocycles. The Morgan fingerprint density at radius 2 is 1.02 bits per heavy atom. The smallest absolute Gasteiger partial charge is 0.196 e. The Kier molecular flexibility index (Phi) is 56.5. The molecule has 11 nitrogen and oxygen atoms in total. The summed E-state index contributed by atoms with van der Waals surface area (Å²) in [5, 5.41) is 7.31. The zero-order chi connectivity index (χ0) is 47.9. The molecule has 6 rings (SSSR count). The number of nitrogens with zero attached hydrogens (tertiary/aromatic N) is 5. The normalized spacial score (nSPS) is 8.90. The van der Waals surface area contributed by atoms with E-state index in [2.05, 4.69) is 104 Å². The number of aromatic nitrogens is 5. The molecule has 11 heteroatoms. The van der Waals surface area contributed by atoms with Crippen molar-refractivity contribution in [2.75, 3.05) is 0 Å². The summed E-state index contributed by atoms with van der Waals surface area (Å²) in [6, 6.07) is 5.78. The minimum atomic E-state index is 0.407. The average molecular weight is 846 g/mol. The van der Waals surface area contributed by atoms with Crippen molar-refractivity contribution in [1.29, 1.82) is 0 Å². The first-order valence-electron chi connectivity index (χ1n) is 22.3. The Labute approximate surface area is 367 Å². The van der Waals surface area contributed by atoms with Gasteiger partial charge in [-0.1, -0.05) is 176 Å². The van der Waals surface area contributed by atoms with Crippen LogP contribution in [0.25, 0.3) is 0 Å². The number of oxazole rings is 3. The molecular formula is C49H91N5O6. The van der Waals surface area contributed by atoms with Gasteiger partial charge in [-0.05, 0) is 29.9 Å². The Hall–Kier alpha value is -4.67. The molecule has 0 radical (unpaired) electrons. The van der Waals surface area contributed by atoms with E-state index < -0.39 is 0 Å². The van der Waals surface area contributed by atoms with Crippen molar-refractivity contribution in [3.05, 3.63) is 115 Å². The van der Waals surface area contributed by atoms with Crippen LogP contribution < -0.4 is 0 Å². The van der Waals surface area contributed by atoms with Gasteiger partial charge in [0.05, 0.1) is 36.2 Å². The maximum Gasteiger partial charge on any atom is 0.196 e. The molecule has 0 spiro atoms. The molecule has 0 N–H and O–H groups in total. The predicted octanol–water partition coefficient (Wildman–Crippen LogP) is 17.6. The number of hydrogen-bond acceptors (Lipinski definition) is 11. The monoisotopic (exact) mass is 846 g/mol. The summed E-state index contributed by atoms with van der Waals surface area (Å²) >= 11 is 0. The Bertz CT molecular complexity index is 1160. The molecule has 0 aliphatic rings. The zero-order valence-corrected chi connectivity index (χ0v) is 42.7. The molecule has 0 unspecified atom stereocenters. The molecule has 0 aliphatic heterocycles. The van der Waals surface area contributed by atoms with Crippen LogP contribution in [0.15, 0.2) is 108 Å². The highest BCUT2D eigenvalue weighted by molar-refractivity contribution is 5.05. The Morgan fingerprint density at radius 1 is 0.450 bits per heavy atom. The van der Waals surface area contributed by atoms with Crippen molar-refractivity contribution in [2.45, 2.75) is 202 Å². The van der Waals surface area contributed by atoms with E-state index in [1.807, 2.05) is 115 Å². The van der Waals surface area contributed by atoms with Gasteiger partial charge in [-0.3, -0.25) is 0 Å². The van der Waals surface area contributed by atoms with Gasteiger partial charge in [0, 0.05) is 29.4 Å². The molecule has 0 aromatic carbocycles. The Balaban J connectivity index is -0.000000139. The SMILES string of the molecule is CC.CC.CC.CC.CC.CC.CC(C)c1ccco1.CC(C)c1ccon1.CC(C)c1cnco1.CC(C)c1cnoc1.CC(C)c1cocn1.CC(C)c1ncco1. The van der Waals surface area contributed by atoms with E-state index in [-0.39, 0.29) is 0 Å². The fraction of sp³-hybridized carbons (Fsp3) is 0.612. The Morgan fingerprint density at radius 3 is 1.22 bits per heavy atom. The van der Waals surface area contributed by atoms with Crippen molar-refractivity contribution >= 4 is 0 Å². The van der Waals surface area contributed by atoms with Crippen LogP contribution in [0.4, 0.5) is 0 Å². The molecule has 0 amide bonds. The summed E-state index contributed by atoms with van der Waals surface area (Å²) < 4.78 is 29.1. The van der Waals surface area contributed by atoms with Crippen molar-refractivity contribution < 1.29 is 26.7 Å². The number of rotatable bonds is 6. The molecule has 0 aliphatic carbocycles. The van der Waals surface area contributed by atoms with Gasteiger partial charge in [-0.15, -0.1) is 0 Å². The molecule has 0 saturated heterocycles. The van der Waals surface area contributed by atoms with Crippen LogP contribution in [0.2, 0.25) is 0 Å². The minimum Gasteiger partial charge on any atom is -0.469 e. The second-order valence-electron chi connectivity index (χ2n) is 12.5. The second kappa shape index (κ2) is 50.5. The summed E-state index contributed by atoms with van der Waals surface area (Å²) in [4.78, 5) is 11.7. The van der Waals surface area contributed by atoms with Gasteiger partial charge in [0.15, 0.2) is 18.7 Å². The van der Waals surface area contributed by atoms with E-state index >= 15 is 0 Å². The minimum absolute atomic E-state index is 0.407. The van der Waals surface area contributed by atoms with Crippen LogP contribution in [-0.2, 0) is 0 Å². The van der Waals surface area contributed by atoms with Crippen molar-refractivity contribution in [1.82, 2.24) is 25.3 Å². The zero-order valence-electron chi connectivity index (χ0n) is 42.7. The largest absolute Gasteiger partial charge is 0.469 e. The van der Waals surface area contributed by atoms with E-state index in [9.17, 15) is 0 Å². The molecule has 6 heterocycles. The van der Waals surface area contributed by atoms with Crippen LogP contribution in [0, 0.1) is 0 Å². The van der Waals surface area contributed by atoms with Crippen molar-refractivity contribution in [3.63, 3.8) is 0 Å². The first-order chi connectivity index (χ1) is 28.8. The molecule has 0 atom stereocenters. The quantitative estimate of drug-likeness (QED) is 0.158. The van der Waals surface area contributed by atoms with Gasteiger partial charge >= 0.3 is 0 Å². The van der Waals surface area contributed by atoms with Gasteiger partial charge in [-0.2, -0.15) is 0 Å². The van der Waals surface area contributed by atoms with Gasteiger partial charge in [0.25, 0.3) is 0 Å². The predicted molar refractivity (Wildman–Crippen MR) is 254 cm³/mol. The molecule has 0 fully saturated rings. The third kappa shape index (κ3) is 38.8. The second-order valence-corrected chi connectivity index (χ2v) is 12.5. The van der Waals surface area contributed by atoms with Crippen molar-refractivity contribution in [2.24, 2.45) is 0 Å². The summed E-state index contributed by atoms with van der Waals surface area (Å²) in [6.45, 7) is 49.0. The maximum absolute atomic E-state index is 5.09. The van der Waals surface area contributed by atoms with E-state index in [4.69, 9.17) is 17.7 Å². The lowest BCUT2D eigenvalue weighted by atomic mass is 10.1. The summed E-state index contributed by atoms with van der Waals surface area (Å²) in [7, 11) is 0. The van der Waals surface area contributed by atoms with Crippen LogP contribution in [0.5, 0.6) is 0 Å². The maximum atomic E-state index is 5.09. The van der Waals surface area contributed by atoms with Gasteiger partial charge < -0.3 is 26.7 Å². The van der Waals surface area contributed by atoms with Gasteiger partial charge in [0.2, 0.25) is 0 Å². The lowest BCUT2D eigenvalue weighted by molar-refractivity contribution is 0.408. The molecule has 60 heavy (non-hydrogen) atoms. The fourth-order valence-corrected chi connectivity index (χ4v) is 3.18. The van der Waals surface area contributed by atoms with Crippen LogP contribution >= 0.6 is 0 Å². The molecular weight excluding hydrogens is 755 g/mol. The number of hydrogen-bond donors (Lipinski definition) is 0. The number of furan rings is 1. The van der Waals surface area contributed by atoms with E-state index in [0.29, 0.717) is 35.5 Å². The third-order valence-corrected chi connectivity index (χ3v) is 6.29.